The van der Waals surface area contributed by atoms with Crippen LogP contribution in [-0.2, 0) is 9.59 Å². The summed E-state index contributed by atoms with van der Waals surface area (Å²) in [5, 5.41) is 14.9. The van der Waals surface area contributed by atoms with Gasteiger partial charge < -0.3 is 15.7 Å². The number of carboxylic acids is 1. The molecule has 0 spiro atoms. The van der Waals surface area contributed by atoms with Crippen molar-refractivity contribution >= 4 is 47.0 Å². The van der Waals surface area contributed by atoms with E-state index in [1.807, 2.05) is 6.92 Å². The van der Waals surface area contributed by atoms with E-state index in [4.69, 9.17) is 0 Å². The summed E-state index contributed by atoms with van der Waals surface area (Å²) in [6.45, 7) is 1.82. The summed E-state index contributed by atoms with van der Waals surface area (Å²) in [6, 6.07) is 5.06. The van der Waals surface area contributed by atoms with Gasteiger partial charge in [0.05, 0.1) is 10.9 Å². The van der Waals surface area contributed by atoms with Gasteiger partial charge in [0.15, 0.2) is 0 Å². The second kappa shape index (κ2) is 6.68. The lowest BCUT2D eigenvalue weighted by Gasteiger charge is -2.33. The molecule has 2 amide bonds. The zero-order valence-corrected chi connectivity index (χ0v) is 14.8. The maximum absolute atomic E-state index is 12.6. The molecule has 0 aliphatic carbocycles. The minimum atomic E-state index is -1.20. The Morgan fingerprint density at radius 3 is 2.71 bits per heavy atom. The molecule has 0 saturated carbocycles. The summed E-state index contributed by atoms with van der Waals surface area (Å²) in [5.74, 6) is -0.101. The zero-order chi connectivity index (χ0) is 17.3. The van der Waals surface area contributed by atoms with Crippen LogP contribution in [0.25, 0.3) is 0 Å². The van der Waals surface area contributed by atoms with E-state index in [-0.39, 0.29) is 11.2 Å². The molecule has 2 aliphatic rings. The molecule has 3 rings (SSSR count). The Bertz CT molecular complexity index is 701. The normalized spacial score (nSPS) is 22.2. The highest BCUT2D eigenvalue weighted by Gasteiger charge is 2.41. The minimum Gasteiger partial charge on any atom is -0.480 e. The van der Waals surface area contributed by atoms with Gasteiger partial charge in [-0.1, -0.05) is 0 Å². The molecule has 2 heterocycles. The lowest BCUT2D eigenvalue weighted by Crippen LogP contribution is -2.56. The monoisotopic (exact) mass is 366 g/mol. The minimum absolute atomic E-state index is 0.101. The summed E-state index contributed by atoms with van der Waals surface area (Å²) < 4.78 is 0. The van der Waals surface area contributed by atoms with Gasteiger partial charge >= 0.3 is 5.97 Å². The number of carboxylic acid groups (broad SMARTS) is 1. The number of fused-ring (bicyclic) bond motifs is 1. The third-order valence-electron chi connectivity index (χ3n) is 4.28. The number of aliphatic carboxylic acids is 1. The maximum atomic E-state index is 12.6. The molecule has 1 saturated heterocycles. The lowest BCUT2D eigenvalue weighted by molar-refractivity contribution is -0.144. The Morgan fingerprint density at radius 1 is 1.33 bits per heavy atom. The Kier molecular flexibility index (Phi) is 4.78. The molecule has 2 aliphatic heterocycles. The fourth-order valence-corrected chi connectivity index (χ4v) is 4.87. The average Bonchev–Trinajstić information content (AvgIpc) is 2.56. The number of nitrogens with one attached hydrogen (secondary N) is 2. The molecular weight excluding hydrogens is 348 g/mol. The number of amides is 2. The first kappa shape index (κ1) is 17.2. The van der Waals surface area contributed by atoms with Crippen molar-refractivity contribution in [3.05, 3.63) is 23.8 Å². The van der Waals surface area contributed by atoms with E-state index < -0.39 is 17.4 Å². The molecule has 6 nitrogen and oxygen atoms in total. The second-order valence-electron chi connectivity index (χ2n) is 5.91. The quantitative estimate of drug-likeness (QED) is 0.759. The Hall–Kier alpha value is -1.67. The van der Waals surface area contributed by atoms with E-state index >= 15 is 0 Å². The largest absolute Gasteiger partial charge is 0.480 e. The van der Waals surface area contributed by atoms with E-state index in [1.54, 1.807) is 30.0 Å². The number of hydrogen-bond donors (Lipinski definition) is 3. The molecule has 0 aromatic heterocycles. The fraction of sp³-hybridized carbons (Fsp3) is 0.438. The SMILES string of the molecule is CC1Sc2ccc(C(=O)NC3(C(=O)O)CCSCC3)cc2NC1=O. The van der Waals surface area contributed by atoms with Crippen LogP contribution in [0.5, 0.6) is 0 Å². The summed E-state index contributed by atoms with van der Waals surface area (Å²) in [7, 11) is 0. The highest BCUT2D eigenvalue weighted by molar-refractivity contribution is 8.01. The Morgan fingerprint density at radius 2 is 2.04 bits per heavy atom. The van der Waals surface area contributed by atoms with Crippen LogP contribution >= 0.6 is 23.5 Å². The first-order chi connectivity index (χ1) is 11.4. The fourth-order valence-electron chi connectivity index (χ4n) is 2.75. The third-order valence-corrected chi connectivity index (χ3v) is 6.44. The van der Waals surface area contributed by atoms with Crippen LogP contribution in [0.2, 0.25) is 0 Å². The third kappa shape index (κ3) is 3.25. The number of thioether (sulfide) groups is 2. The van der Waals surface area contributed by atoms with E-state index in [0.717, 1.165) is 4.90 Å². The molecule has 8 heteroatoms. The summed E-state index contributed by atoms with van der Waals surface area (Å²) in [6.07, 6.45) is 0.821. The number of hydrogen-bond acceptors (Lipinski definition) is 5. The van der Waals surface area contributed by atoms with Gasteiger partial charge in [0.2, 0.25) is 5.91 Å². The summed E-state index contributed by atoms with van der Waals surface area (Å²) in [5.41, 5.74) is -0.257. The lowest BCUT2D eigenvalue weighted by atomic mass is 9.92. The molecule has 24 heavy (non-hydrogen) atoms. The van der Waals surface area contributed by atoms with Crippen LogP contribution in [0.15, 0.2) is 23.1 Å². The highest BCUT2D eigenvalue weighted by atomic mass is 32.2. The van der Waals surface area contributed by atoms with Gasteiger partial charge in [-0.05, 0) is 49.5 Å². The van der Waals surface area contributed by atoms with Crippen molar-refractivity contribution in [2.45, 2.75) is 35.4 Å². The van der Waals surface area contributed by atoms with Gasteiger partial charge in [0.1, 0.15) is 5.54 Å². The van der Waals surface area contributed by atoms with Crippen molar-refractivity contribution in [3.63, 3.8) is 0 Å². The van der Waals surface area contributed by atoms with Crippen molar-refractivity contribution in [1.29, 1.82) is 0 Å². The van der Waals surface area contributed by atoms with Crippen molar-refractivity contribution in [2.75, 3.05) is 16.8 Å². The van der Waals surface area contributed by atoms with Crippen molar-refractivity contribution in [1.82, 2.24) is 5.32 Å². The van der Waals surface area contributed by atoms with Crippen LogP contribution in [0.1, 0.15) is 30.1 Å². The van der Waals surface area contributed by atoms with Crippen molar-refractivity contribution in [2.24, 2.45) is 0 Å². The van der Waals surface area contributed by atoms with Crippen molar-refractivity contribution in [3.8, 4) is 0 Å². The van der Waals surface area contributed by atoms with Crippen LogP contribution in [-0.4, -0.2) is 45.2 Å². The molecule has 128 valence electrons. The molecule has 1 atom stereocenters. The number of rotatable bonds is 3. The molecule has 0 bridgehead atoms. The summed E-state index contributed by atoms with van der Waals surface area (Å²) >= 11 is 3.13. The van der Waals surface area contributed by atoms with Crippen LogP contribution in [0.4, 0.5) is 5.69 Å². The average molecular weight is 366 g/mol. The second-order valence-corrected chi connectivity index (χ2v) is 8.52. The predicted octanol–water partition coefficient (Wildman–Crippen LogP) is 2.20. The van der Waals surface area contributed by atoms with E-state index in [0.29, 0.717) is 35.6 Å². The van der Waals surface area contributed by atoms with Gasteiger partial charge in [-0.25, -0.2) is 4.79 Å². The smallest absolute Gasteiger partial charge is 0.329 e. The predicted molar refractivity (Wildman–Crippen MR) is 94.8 cm³/mol. The Labute approximate surface area is 148 Å². The molecule has 1 aromatic rings. The molecule has 1 aromatic carbocycles. The highest BCUT2D eigenvalue weighted by Crippen LogP contribution is 2.36. The van der Waals surface area contributed by atoms with E-state index in [1.165, 1.54) is 11.8 Å². The molecule has 0 radical (unpaired) electrons. The maximum Gasteiger partial charge on any atom is 0.329 e. The summed E-state index contributed by atoms with van der Waals surface area (Å²) in [4.78, 5) is 36.9. The van der Waals surface area contributed by atoms with E-state index in [9.17, 15) is 19.5 Å². The van der Waals surface area contributed by atoms with Gasteiger partial charge in [-0.3, -0.25) is 9.59 Å². The van der Waals surface area contributed by atoms with Crippen LogP contribution < -0.4 is 10.6 Å². The van der Waals surface area contributed by atoms with Crippen LogP contribution in [0.3, 0.4) is 0 Å². The first-order valence-electron chi connectivity index (χ1n) is 7.66. The molecule has 1 fully saturated rings. The van der Waals surface area contributed by atoms with E-state index in [2.05, 4.69) is 10.6 Å². The molecule has 3 N–H and O–H groups in total. The number of benzene rings is 1. The Balaban J connectivity index is 1.81. The topological polar surface area (TPSA) is 95.5 Å². The number of anilines is 1. The molecule has 1 unspecified atom stereocenters. The van der Waals surface area contributed by atoms with Crippen LogP contribution in [0, 0.1) is 0 Å². The van der Waals surface area contributed by atoms with Gasteiger partial charge in [-0.2, -0.15) is 11.8 Å². The standard InChI is InChI=1S/C16H18N2O4S2/c1-9-13(19)17-11-8-10(2-3-12(11)24-9)14(20)18-16(15(21)22)4-6-23-7-5-16/h2-3,8-9H,4-7H2,1H3,(H,17,19)(H,18,20)(H,21,22). The first-order valence-corrected chi connectivity index (χ1v) is 9.70. The van der Waals surface area contributed by atoms with Gasteiger partial charge in [-0.15, -0.1) is 11.8 Å². The molecular formula is C16H18N2O4S2. The number of carbonyl (C=O) groups excluding carboxylic acids is 2. The van der Waals surface area contributed by atoms with Crippen molar-refractivity contribution < 1.29 is 19.5 Å². The number of carbonyl (C=O) groups is 3. The van der Waals surface area contributed by atoms with Gasteiger partial charge in [0.25, 0.3) is 5.91 Å². The zero-order valence-electron chi connectivity index (χ0n) is 13.1. The van der Waals surface area contributed by atoms with Gasteiger partial charge in [0, 0.05) is 10.5 Å².